The van der Waals surface area contributed by atoms with Gasteiger partial charge in [-0.15, -0.1) is 0 Å². The number of nitrogens with zero attached hydrogens (tertiary/aromatic N) is 1. The van der Waals surface area contributed by atoms with Gasteiger partial charge in [0.25, 0.3) is 0 Å². The summed E-state index contributed by atoms with van der Waals surface area (Å²) in [6.07, 6.45) is 7.33. The molecular weight excluding hydrogens is 196 g/mol. The summed E-state index contributed by atoms with van der Waals surface area (Å²) in [5, 5.41) is 4.16. The van der Waals surface area contributed by atoms with E-state index in [4.69, 9.17) is 11.6 Å². The maximum absolute atomic E-state index is 6.00. The average molecular weight is 211 g/mol. The van der Waals surface area contributed by atoms with Crippen molar-refractivity contribution in [2.75, 3.05) is 5.32 Å². The van der Waals surface area contributed by atoms with Crippen molar-refractivity contribution in [3.63, 3.8) is 0 Å². The first kappa shape index (κ1) is 9.78. The van der Waals surface area contributed by atoms with Gasteiger partial charge in [0.15, 0.2) is 0 Å². The molecule has 1 aromatic rings. The zero-order valence-corrected chi connectivity index (χ0v) is 9.09. The molecule has 0 amide bonds. The molecule has 0 radical (unpaired) electrons. The molecule has 1 fully saturated rings. The molecule has 1 N–H and O–H groups in total. The summed E-state index contributed by atoms with van der Waals surface area (Å²) >= 11 is 6.00. The Hall–Kier alpha value is -0.760. The van der Waals surface area contributed by atoms with Crippen molar-refractivity contribution in [2.45, 2.75) is 32.2 Å². The molecule has 1 aromatic heterocycles. The lowest BCUT2D eigenvalue weighted by Gasteiger charge is -2.06. The Morgan fingerprint density at radius 1 is 1.64 bits per heavy atom. The minimum Gasteiger partial charge on any atom is -0.381 e. The average Bonchev–Trinajstić information content (AvgIpc) is 2.89. The van der Waals surface area contributed by atoms with E-state index in [0.717, 1.165) is 16.6 Å². The summed E-state index contributed by atoms with van der Waals surface area (Å²) < 4.78 is 0. The van der Waals surface area contributed by atoms with E-state index in [1.165, 1.54) is 19.3 Å². The third-order valence-electron chi connectivity index (χ3n) is 2.70. The normalized spacial score (nSPS) is 24.7. The molecule has 3 heteroatoms. The smallest absolute Gasteiger partial charge is 0.0820 e. The quantitative estimate of drug-likeness (QED) is 0.825. The molecule has 1 saturated carbocycles. The van der Waals surface area contributed by atoms with Gasteiger partial charge in [0.1, 0.15) is 0 Å². The van der Waals surface area contributed by atoms with Gasteiger partial charge in [-0.3, -0.25) is 4.98 Å². The molecule has 1 heterocycles. The van der Waals surface area contributed by atoms with Gasteiger partial charge >= 0.3 is 0 Å². The van der Waals surface area contributed by atoms with Crippen LogP contribution in [-0.2, 0) is 0 Å². The number of aromatic nitrogens is 1. The molecule has 2 nitrogen and oxygen atoms in total. The van der Waals surface area contributed by atoms with Crippen LogP contribution in [0.3, 0.4) is 0 Å². The molecule has 0 spiro atoms. The molecule has 2 unspecified atom stereocenters. The number of halogens is 1. The first-order valence-electron chi connectivity index (χ1n) is 5.17. The predicted octanol–water partition coefficient (Wildman–Crippen LogP) is 3.34. The van der Waals surface area contributed by atoms with E-state index in [9.17, 15) is 0 Å². The highest BCUT2D eigenvalue weighted by Gasteiger charge is 2.36. The third-order valence-corrected chi connectivity index (χ3v) is 3.00. The number of anilines is 1. The zero-order valence-electron chi connectivity index (χ0n) is 8.33. The summed E-state index contributed by atoms with van der Waals surface area (Å²) in [5.74, 6) is 0.851. The fourth-order valence-electron chi connectivity index (χ4n) is 1.81. The van der Waals surface area contributed by atoms with Crippen molar-refractivity contribution >= 4 is 17.3 Å². The number of hydrogen-bond donors (Lipinski definition) is 1. The van der Waals surface area contributed by atoms with Gasteiger partial charge in [-0.05, 0) is 24.8 Å². The molecule has 0 aliphatic heterocycles. The van der Waals surface area contributed by atoms with Crippen LogP contribution >= 0.6 is 11.6 Å². The van der Waals surface area contributed by atoms with Gasteiger partial charge in [0.05, 0.1) is 10.7 Å². The number of nitrogens with one attached hydrogen (secondary N) is 1. The number of pyridine rings is 1. The molecule has 14 heavy (non-hydrogen) atoms. The minimum atomic E-state index is 0.634. The number of hydrogen-bond acceptors (Lipinski definition) is 2. The molecule has 2 atom stereocenters. The van der Waals surface area contributed by atoms with Crippen molar-refractivity contribution in [2.24, 2.45) is 5.92 Å². The molecule has 0 saturated heterocycles. The second kappa shape index (κ2) is 4.18. The van der Waals surface area contributed by atoms with Crippen LogP contribution in [0.15, 0.2) is 18.5 Å². The molecule has 2 rings (SSSR count). The summed E-state index contributed by atoms with van der Waals surface area (Å²) in [7, 11) is 0. The predicted molar refractivity (Wildman–Crippen MR) is 59.7 cm³/mol. The Kier molecular flexibility index (Phi) is 2.92. The van der Waals surface area contributed by atoms with E-state index in [1.807, 2.05) is 6.07 Å². The van der Waals surface area contributed by atoms with Crippen LogP contribution in [-0.4, -0.2) is 11.0 Å². The van der Waals surface area contributed by atoms with Crippen LogP contribution < -0.4 is 5.32 Å². The van der Waals surface area contributed by atoms with Crippen LogP contribution in [0.1, 0.15) is 26.2 Å². The van der Waals surface area contributed by atoms with E-state index >= 15 is 0 Å². The lowest BCUT2D eigenvalue weighted by molar-refractivity contribution is 0.693. The molecule has 1 aliphatic rings. The monoisotopic (exact) mass is 210 g/mol. The van der Waals surface area contributed by atoms with Crippen molar-refractivity contribution in [3.05, 3.63) is 23.5 Å². The van der Waals surface area contributed by atoms with Crippen LogP contribution in [0, 0.1) is 5.92 Å². The first-order valence-corrected chi connectivity index (χ1v) is 5.55. The second-order valence-electron chi connectivity index (χ2n) is 3.89. The SMILES string of the molecule is CCCC1CC1Nc1ccncc1Cl. The van der Waals surface area contributed by atoms with Crippen LogP contribution in [0.5, 0.6) is 0 Å². The van der Waals surface area contributed by atoms with Gasteiger partial charge in [0, 0.05) is 18.4 Å². The fourth-order valence-corrected chi connectivity index (χ4v) is 1.98. The van der Waals surface area contributed by atoms with Gasteiger partial charge in [-0.25, -0.2) is 0 Å². The lowest BCUT2D eigenvalue weighted by atomic mass is 10.2. The van der Waals surface area contributed by atoms with E-state index in [2.05, 4.69) is 17.2 Å². The molecule has 76 valence electrons. The second-order valence-corrected chi connectivity index (χ2v) is 4.30. The largest absolute Gasteiger partial charge is 0.381 e. The van der Waals surface area contributed by atoms with Gasteiger partial charge < -0.3 is 5.32 Å². The Balaban J connectivity index is 1.90. The minimum absolute atomic E-state index is 0.634. The summed E-state index contributed by atoms with van der Waals surface area (Å²) in [5.41, 5.74) is 1.02. The van der Waals surface area contributed by atoms with Crippen LogP contribution in [0.2, 0.25) is 5.02 Å². The Labute approximate surface area is 89.7 Å². The molecule has 1 aliphatic carbocycles. The summed E-state index contributed by atoms with van der Waals surface area (Å²) in [4.78, 5) is 3.96. The van der Waals surface area contributed by atoms with Crippen molar-refractivity contribution in [1.29, 1.82) is 0 Å². The zero-order chi connectivity index (χ0) is 9.97. The first-order chi connectivity index (χ1) is 6.81. The van der Waals surface area contributed by atoms with Gasteiger partial charge in [-0.1, -0.05) is 24.9 Å². The maximum atomic E-state index is 6.00. The van der Waals surface area contributed by atoms with Crippen LogP contribution in [0.4, 0.5) is 5.69 Å². The van der Waals surface area contributed by atoms with E-state index in [-0.39, 0.29) is 0 Å². The maximum Gasteiger partial charge on any atom is 0.0820 e. The highest BCUT2D eigenvalue weighted by atomic mass is 35.5. The standard InChI is InChI=1S/C11H15ClN2/c1-2-3-8-6-11(8)14-10-4-5-13-7-9(10)12/h4-5,7-8,11H,2-3,6H2,1H3,(H,13,14). The van der Waals surface area contributed by atoms with Crippen molar-refractivity contribution in [3.8, 4) is 0 Å². The highest BCUT2D eigenvalue weighted by Crippen LogP contribution is 2.38. The Bertz CT molecular complexity index is 314. The Morgan fingerprint density at radius 2 is 2.50 bits per heavy atom. The van der Waals surface area contributed by atoms with E-state index in [1.54, 1.807) is 12.4 Å². The molecule has 0 aromatic carbocycles. The number of rotatable bonds is 4. The highest BCUT2D eigenvalue weighted by molar-refractivity contribution is 6.33. The van der Waals surface area contributed by atoms with Crippen molar-refractivity contribution in [1.82, 2.24) is 4.98 Å². The fraction of sp³-hybridized carbons (Fsp3) is 0.545. The van der Waals surface area contributed by atoms with Crippen LogP contribution in [0.25, 0.3) is 0 Å². The van der Waals surface area contributed by atoms with Crippen molar-refractivity contribution < 1.29 is 0 Å². The Morgan fingerprint density at radius 3 is 3.21 bits per heavy atom. The van der Waals surface area contributed by atoms with Gasteiger partial charge in [-0.2, -0.15) is 0 Å². The van der Waals surface area contributed by atoms with E-state index in [0.29, 0.717) is 6.04 Å². The summed E-state index contributed by atoms with van der Waals surface area (Å²) in [6, 6.07) is 2.57. The molecule has 0 bridgehead atoms. The topological polar surface area (TPSA) is 24.9 Å². The van der Waals surface area contributed by atoms with E-state index < -0.39 is 0 Å². The molecular formula is C11H15ClN2. The summed E-state index contributed by atoms with van der Waals surface area (Å²) in [6.45, 7) is 2.23. The van der Waals surface area contributed by atoms with Gasteiger partial charge in [0.2, 0.25) is 0 Å². The third kappa shape index (κ3) is 2.18. The lowest BCUT2D eigenvalue weighted by Crippen LogP contribution is -2.04.